The molecule has 6 nitrogen and oxygen atoms in total. The van der Waals surface area contributed by atoms with Gasteiger partial charge >= 0.3 is 0 Å². The Morgan fingerprint density at radius 3 is 2.22 bits per heavy atom. The maximum atomic E-state index is 13.8. The Morgan fingerprint density at radius 2 is 1.62 bits per heavy atom. The van der Waals surface area contributed by atoms with Crippen LogP contribution in [0.25, 0.3) is 11.1 Å². The third kappa shape index (κ3) is 3.82. The summed E-state index contributed by atoms with van der Waals surface area (Å²) in [6.07, 6.45) is 0. The predicted octanol–water partition coefficient (Wildman–Crippen LogP) is 4.55. The second-order valence-electron chi connectivity index (χ2n) is 7.80. The maximum absolute atomic E-state index is 13.8. The van der Waals surface area contributed by atoms with Crippen LogP contribution in [0.15, 0.2) is 65.8 Å². The Bertz CT molecular complexity index is 1250. The van der Waals surface area contributed by atoms with E-state index in [2.05, 4.69) is 10.5 Å². The molecule has 1 heterocycles. The van der Waals surface area contributed by atoms with Gasteiger partial charge in [-0.15, -0.1) is 0 Å². The zero-order valence-electron chi connectivity index (χ0n) is 17.3. The van der Waals surface area contributed by atoms with E-state index in [0.717, 1.165) is 12.1 Å². The van der Waals surface area contributed by atoms with Gasteiger partial charge in [-0.3, -0.25) is 9.59 Å². The lowest BCUT2D eigenvalue weighted by atomic mass is 9.93. The van der Waals surface area contributed by atoms with Crippen LogP contribution in [-0.4, -0.2) is 23.0 Å². The number of nitrogen functional groups attached to an aromatic ring is 1. The molecule has 0 bridgehead atoms. The molecule has 3 aromatic carbocycles. The number of hydrogen-bond donors (Lipinski definition) is 2. The molecule has 8 heteroatoms. The first kappa shape index (κ1) is 21.2. The molecular formula is C24H19F2N3O3. The fourth-order valence-electron chi connectivity index (χ4n) is 3.31. The van der Waals surface area contributed by atoms with Crippen LogP contribution < -0.4 is 11.1 Å². The summed E-state index contributed by atoms with van der Waals surface area (Å²) in [5.41, 5.74) is 7.43. The zero-order valence-corrected chi connectivity index (χ0v) is 17.3. The van der Waals surface area contributed by atoms with Gasteiger partial charge in [0.25, 0.3) is 5.91 Å². The fraction of sp³-hybridized carbons (Fsp3) is 0.125. The van der Waals surface area contributed by atoms with E-state index in [-0.39, 0.29) is 11.5 Å². The Kier molecular flexibility index (Phi) is 5.22. The molecule has 1 aliphatic rings. The monoisotopic (exact) mass is 435 g/mol. The van der Waals surface area contributed by atoms with Crippen LogP contribution in [0.2, 0.25) is 0 Å². The number of benzene rings is 3. The minimum atomic E-state index is -1.02. The Labute approximate surface area is 182 Å². The number of Topliss-reactive ketones (excluding diaryl/α,β-unsaturated/α-hetero) is 1. The number of oxime groups is 1. The number of amides is 1. The SMILES string of the molecule is CC1(C)ON=C(c2ccc(N)c(-c3ccc(NC(=O)c4c(F)cccc4F)cc3)c2)C1=O. The molecule has 0 spiro atoms. The van der Waals surface area contributed by atoms with Crippen molar-refractivity contribution in [2.75, 3.05) is 11.1 Å². The van der Waals surface area contributed by atoms with Crippen LogP contribution in [0.5, 0.6) is 0 Å². The van der Waals surface area contributed by atoms with Crippen molar-refractivity contribution in [1.82, 2.24) is 0 Å². The van der Waals surface area contributed by atoms with Gasteiger partial charge in [0.2, 0.25) is 5.78 Å². The van der Waals surface area contributed by atoms with Crippen molar-refractivity contribution < 1.29 is 23.2 Å². The molecule has 162 valence electrons. The summed E-state index contributed by atoms with van der Waals surface area (Å²) in [4.78, 5) is 30.0. The number of nitrogens with two attached hydrogens (primary N) is 1. The van der Waals surface area contributed by atoms with Crippen molar-refractivity contribution in [3.63, 3.8) is 0 Å². The van der Waals surface area contributed by atoms with Crippen LogP contribution in [0.1, 0.15) is 29.8 Å². The van der Waals surface area contributed by atoms with Crippen molar-refractivity contribution in [2.24, 2.45) is 5.16 Å². The van der Waals surface area contributed by atoms with Crippen molar-refractivity contribution in [2.45, 2.75) is 19.4 Å². The van der Waals surface area contributed by atoms with Crippen molar-refractivity contribution in [3.8, 4) is 11.1 Å². The lowest BCUT2D eigenvalue weighted by Gasteiger charge is -2.12. The van der Waals surface area contributed by atoms with E-state index < -0.39 is 28.7 Å². The van der Waals surface area contributed by atoms with Crippen LogP contribution >= 0.6 is 0 Å². The third-order valence-corrected chi connectivity index (χ3v) is 5.10. The topological polar surface area (TPSA) is 93.8 Å². The molecular weight excluding hydrogens is 416 g/mol. The molecule has 1 aliphatic heterocycles. The fourth-order valence-corrected chi connectivity index (χ4v) is 3.31. The molecule has 0 unspecified atom stereocenters. The van der Waals surface area contributed by atoms with Gasteiger partial charge < -0.3 is 15.9 Å². The smallest absolute Gasteiger partial charge is 0.261 e. The number of ketones is 1. The van der Waals surface area contributed by atoms with E-state index >= 15 is 0 Å². The summed E-state index contributed by atoms with van der Waals surface area (Å²) in [5.74, 6) is -3.01. The van der Waals surface area contributed by atoms with Gasteiger partial charge in [-0.05, 0) is 55.8 Å². The molecule has 0 radical (unpaired) electrons. The maximum Gasteiger partial charge on any atom is 0.261 e. The molecule has 0 saturated carbocycles. The van der Waals surface area contributed by atoms with Gasteiger partial charge in [-0.1, -0.05) is 29.4 Å². The van der Waals surface area contributed by atoms with Crippen molar-refractivity contribution in [1.29, 1.82) is 0 Å². The van der Waals surface area contributed by atoms with Gasteiger partial charge in [-0.25, -0.2) is 8.78 Å². The van der Waals surface area contributed by atoms with E-state index in [1.807, 2.05) is 0 Å². The number of nitrogens with one attached hydrogen (secondary N) is 1. The standard InChI is InChI=1S/C24H19F2N3O3/c1-24(2)22(30)21(29-32-24)14-8-11-19(27)16(12-14)13-6-9-15(10-7-13)28-23(31)20-17(25)4-3-5-18(20)26/h3-12H,27H2,1-2H3,(H,28,31). The molecule has 4 rings (SSSR count). The number of halogens is 2. The van der Waals surface area contributed by atoms with Gasteiger partial charge in [0.05, 0.1) is 0 Å². The highest BCUT2D eigenvalue weighted by Gasteiger charge is 2.40. The molecule has 0 aliphatic carbocycles. The average Bonchev–Trinajstić information content (AvgIpc) is 3.02. The normalized spacial score (nSPS) is 14.6. The van der Waals surface area contributed by atoms with Crippen molar-refractivity contribution >= 4 is 28.8 Å². The summed E-state index contributed by atoms with van der Waals surface area (Å²) >= 11 is 0. The summed E-state index contributed by atoms with van der Waals surface area (Å²) < 4.78 is 27.6. The predicted molar refractivity (Wildman–Crippen MR) is 117 cm³/mol. The number of nitrogens with zero attached hydrogens (tertiary/aromatic N) is 1. The van der Waals surface area contributed by atoms with Gasteiger partial charge in [0, 0.05) is 22.5 Å². The molecule has 3 N–H and O–H groups in total. The second kappa shape index (κ2) is 7.88. The lowest BCUT2D eigenvalue weighted by Crippen LogP contribution is -2.33. The second-order valence-corrected chi connectivity index (χ2v) is 7.80. The van der Waals surface area contributed by atoms with Gasteiger partial charge in [0.1, 0.15) is 17.2 Å². The minimum Gasteiger partial charge on any atom is -0.398 e. The largest absolute Gasteiger partial charge is 0.398 e. The highest BCUT2D eigenvalue weighted by molar-refractivity contribution is 6.49. The number of carbonyl (C=O) groups is 2. The molecule has 0 atom stereocenters. The first-order valence-electron chi connectivity index (χ1n) is 9.74. The van der Waals surface area contributed by atoms with Crippen molar-refractivity contribution in [3.05, 3.63) is 83.4 Å². The van der Waals surface area contributed by atoms with E-state index in [4.69, 9.17) is 10.6 Å². The number of carbonyl (C=O) groups excluding carboxylic acids is 2. The molecule has 0 fully saturated rings. The van der Waals surface area contributed by atoms with Crippen LogP contribution in [-0.2, 0) is 9.63 Å². The number of anilines is 2. The quantitative estimate of drug-likeness (QED) is 0.588. The average molecular weight is 435 g/mol. The summed E-state index contributed by atoms with van der Waals surface area (Å²) in [7, 11) is 0. The lowest BCUT2D eigenvalue weighted by molar-refractivity contribution is -0.128. The first-order valence-corrected chi connectivity index (χ1v) is 9.74. The molecule has 32 heavy (non-hydrogen) atoms. The third-order valence-electron chi connectivity index (χ3n) is 5.10. The Morgan fingerprint density at radius 1 is 1.00 bits per heavy atom. The van der Waals surface area contributed by atoms with E-state index in [9.17, 15) is 18.4 Å². The zero-order chi connectivity index (χ0) is 23.0. The molecule has 1 amide bonds. The first-order chi connectivity index (χ1) is 15.2. The Balaban J connectivity index is 1.58. The minimum absolute atomic E-state index is 0.215. The van der Waals surface area contributed by atoms with Crippen LogP contribution in [0, 0.1) is 11.6 Å². The number of hydrogen-bond acceptors (Lipinski definition) is 5. The van der Waals surface area contributed by atoms with Crippen LogP contribution in [0.3, 0.4) is 0 Å². The Hall–Kier alpha value is -4.07. The molecule has 3 aromatic rings. The van der Waals surface area contributed by atoms with E-state index in [0.29, 0.717) is 28.1 Å². The van der Waals surface area contributed by atoms with E-state index in [1.54, 1.807) is 56.3 Å². The summed E-state index contributed by atoms with van der Waals surface area (Å²) in [5, 5.41) is 6.39. The molecule has 0 aromatic heterocycles. The summed E-state index contributed by atoms with van der Waals surface area (Å²) in [6, 6.07) is 14.9. The van der Waals surface area contributed by atoms with Gasteiger partial charge in [-0.2, -0.15) is 0 Å². The number of rotatable bonds is 4. The van der Waals surface area contributed by atoms with Gasteiger partial charge in [0.15, 0.2) is 11.3 Å². The van der Waals surface area contributed by atoms with E-state index in [1.165, 1.54) is 6.07 Å². The summed E-state index contributed by atoms with van der Waals surface area (Å²) in [6.45, 7) is 3.29. The highest BCUT2D eigenvalue weighted by atomic mass is 19.1. The molecule has 0 saturated heterocycles. The van der Waals surface area contributed by atoms with Crippen LogP contribution in [0.4, 0.5) is 20.2 Å². The highest BCUT2D eigenvalue weighted by Crippen LogP contribution is 2.31.